The molecule has 344 valence electrons. The summed E-state index contributed by atoms with van der Waals surface area (Å²) >= 11 is 0. The van der Waals surface area contributed by atoms with Gasteiger partial charge in [0.05, 0.1) is 6.10 Å². The van der Waals surface area contributed by atoms with Crippen molar-refractivity contribution in [2.24, 2.45) is 11.8 Å². The minimum absolute atomic E-state index is 0.0136. The molecule has 2 heterocycles. The fourth-order valence-electron chi connectivity index (χ4n) is 7.42. The lowest BCUT2D eigenvalue weighted by Crippen LogP contribution is -2.61. The average Bonchev–Trinajstić information content (AvgIpc) is 3.73. The Morgan fingerprint density at radius 3 is 2.16 bits per heavy atom. The highest BCUT2D eigenvalue weighted by molar-refractivity contribution is 5.98. The summed E-state index contributed by atoms with van der Waals surface area (Å²) in [6, 6.07) is 6.81. The van der Waals surface area contributed by atoms with E-state index in [1.165, 1.54) is 24.0 Å². The number of aliphatic hydroxyl groups is 1. The molecule has 0 aromatic heterocycles. The van der Waals surface area contributed by atoms with E-state index in [0.29, 0.717) is 29.9 Å². The molecule has 0 bridgehead atoms. The molecule has 0 radical (unpaired) electrons. The molecular formula is C45H63N7O11. The van der Waals surface area contributed by atoms with Crippen LogP contribution in [-0.4, -0.2) is 124 Å². The second kappa shape index (κ2) is 24.0. The van der Waals surface area contributed by atoms with Crippen molar-refractivity contribution >= 4 is 47.3 Å². The molecule has 0 saturated carbocycles. The Morgan fingerprint density at radius 2 is 1.51 bits per heavy atom. The second-order valence-corrected chi connectivity index (χ2v) is 17.1. The van der Waals surface area contributed by atoms with Crippen LogP contribution in [0.15, 0.2) is 54.6 Å². The molecule has 2 fully saturated rings. The maximum atomic E-state index is 14.3. The predicted octanol–water partition coefficient (Wildman–Crippen LogP) is 0.519. The lowest BCUT2D eigenvalue weighted by Gasteiger charge is -2.31. The molecule has 18 nitrogen and oxygen atoms in total. The molecule has 0 aliphatic carbocycles. The van der Waals surface area contributed by atoms with E-state index in [2.05, 4.69) is 31.9 Å². The molecule has 4 rings (SSSR count). The molecular weight excluding hydrogens is 815 g/mol. The number of phenols is 1. The first-order chi connectivity index (χ1) is 29.9. The number of benzene rings is 2. The summed E-state index contributed by atoms with van der Waals surface area (Å²) in [7, 11) is 0. The molecule has 0 spiro atoms. The van der Waals surface area contributed by atoms with Crippen molar-refractivity contribution < 1.29 is 53.3 Å². The maximum absolute atomic E-state index is 14.3. The Labute approximate surface area is 368 Å². The fourth-order valence-corrected chi connectivity index (χ4v) is 7.42. The quantitative estimate of drug-likeness (QED) is 0.121. The number of carbonyl (C=O) groups excluding carboxylic acids is 8. The van der Waals surface area contributed by atoms with Crippen molar-refractivity contribution in [1.29, 1.82) is 0 Å². The zero-order chi connectivity index (χ0) is 46.2. The zero-order valence-electron chi connectivity index (χ0n) is 36.7. The molecule has 63 heavy (non-hydrogen) atoms. The normalized spacial score (nSPS) is 22.9. The van der Waals surface area contributed by atoms with Gasteiger partial charge < -0.3 is 51.8 Å². The predicted molar refractivity (Wildman–Crippen MR) is 230 cm³/mol. The van der Waals surface area contributed by atoms with E-state index in [0.717, 1.165) is 6.42 Å². The molecule has 1 unspecified atom stereocenters. The van der Waals surface area contributed by atoms with E-state index in [9.17, 15) is 48.6 Å². The number of aromatic hydroxyl groups is 1. The molecule has 18 heteroatoms. The van der Waals surface area contributed by atoms with Crippen molar-refractivity contribution in [1.82, 2.24) is 36.8 Å². The first-order valence-electron chi connectivity index (χ1n) is 21.7. The number of nitrogens with zero attached hydrogens (tertiary/aromatic N) is 1. The van der Waals surface area contributed by atoms with Crippen LogP contribution in [0.5, 0.6) is 5.75 Å². The van der Waals surface area contributed by atoms with Gasteiger partial charge in [-0.25, -0.2) is 0 Å². The summed E-state index contributed by atoms with van der Waals surface area (Å²) in [4.78, 5) is 111. The van der Waals surface area contributed by atoms with Crippen LogP contribution in [-0.2, 0) is 55.9 Å². The van der Waals surface area contributed by atoms with Crippen molar-refractivity contribution in [2.75, 3.05) is 19.7 Å². The lowest BCUT2D eigenvalue weighted by atomic mass is 10.00. The number of hydrogen-bond donors (Lipinski definition) is 8. The highest BCUT2D eigenvalue weighted by Gasteiger charge is 2.41. The van der Waals surface area contributed by atoms with Gasteiger partial charge in [0.2, 0.25) is 41.4 Å². The number of hydrogen-bond acceptors (Lipinski definition) is 11. The first-order valence-corrected chi connectivity index (χ1v) is 21.7. The first kappa shape index (κ1) is 49.6. The maximum Gasteiger partial charge on any atom is 0.325 e. The molecule has 2 aliphatic heterocycles. The van der Waals surface area contributed by atoms with Crippen LogP contribution in [0.3, 0.4) is 0 Å². The number of esters is 1. The number of phenolic OH excluding ortho intramolecular Hbond substituents is 1. The van der Waals surface area contributed by atoms with Gasteiger partial charge in [0.15, 0.2) is 0 Å². The highest BCUT2D eigenvalue weighted by Crippen LogP contribution is 2.21. The third-order valence-corrected chi connectivity index (χ3v) is 10.8. The summed E-state index contributed by atoms with van der Waals surface area (Å²) in [5.74, 6) is -5.95. The Bertz CT molecular complexity index is 1910. The number of cyclic esters (lactones) is 1. The van der Waals surface area contributed by atoms with Crippen molar-refractivity contribution in [2.45, 2.75) is 128 Å². The van der Waals surface area contributed by atoms with E-state index >= 15 is 0 Å². The van der Waals surface area contributed by atoms with Gasteiger partial charge in [0.25, 0.3) is 0 Å². The zero-order valence-corrected chi connectivity index (χ0v) is 36.7. The summed E-state index contributed by atoms with van der Waals surface area (Å²) < 4.78 is 5.39. The van der Waals surface area contributed by atoms with Crippen molar-refractivity contribution in [3.63, 3.8) is 0 Å². The second-order valence-electron chi connectivity index (χ2n) is 17.1. The minimum Gasteiger partial charge on any atom is -0.508 e. The Morgan fingerprint density at radius 1 is 0.825 bits per heavy atom. The Kier molecular flexibility index (Phi) is 18.9. The number of rotatable bonds is 14. The molecule has 2 saturated heterocycles. The average molecular weight is 878 g/mol. The van der Waals surface area contributed by atoms with Gasteiger partial charge in [-0.1, -0.05) is 76.6 Å². The number of carbonyl (C=O) groups is 8. The SMILES string of the molecule is CC(C)CCCC(=O)N[C@@H](Cc1ccc(O)cc1)C(=O)N[C@@H]1COC(=O)CNC(=O)[C@@H]([C@H](C)O)NC(=O)[C@@H]2CCCN2C(=O)C(CC(C)C)NC(=O)[C@H](Cc2ccccc2)NC1=O. The largest absolute Gasteiger partial charge is 0.508 e. The van der Waals surface area contributed by atoms with Crippen LogP contribution in [0.25, 0.3) is 0 Å². The standard InChI is InChI=1S/C45H63N7O11/c1-26(2)11-9-15-37(55)47-32(23-30-16-18-31(54)19-17-30)40(57)50-35-25-63-38(56)24-46-44(61)39(28(5)53)51-43(60)36-14-10-20-52(36)45(62)34(21-27(3)4)49-41(58)33(48-42(35)59)22-29-12-7-6-8-13-29/h6-8,12-13,16-19,26-28,32-36,39,53-54H,9-11,14-15,20-25H2,1-5H3,(H,46,61)(H,47,55)(H,48,59)(H,49,58)(H,50,57)(H,51,60)/t28-,32-,33-,34?,35+,36-,39+/m0/s1. The molecule has 7 amide bonds. The number of fused-ring (bicyclic) bond motifs is 1. The smallest absolute Gasteiger partial charge is 0.325 e. The summed E-state index contributed by atoms with van der Waals surface area (Å²) in [5, 5.41) is 36.0. The number of ether oxygens (including phenoxy) is 1. The molecule has 2 aromatic rings. The third kappa shape index (κ3) is 15.7. The Balaban J connectivity index is 1.71. The van der Waals surface area contributed by atoms with Crippen molar-refractivity contribution in [3.05, 3.63) is 65.7 Å². The molecule has 7 atom stereocenters. The molecule has 2 aromatic carbocycles. The summed E-state index contributed by atoms with van der Waals surface area (Å²) in [6.45, 7) is 7.65. The van der Waals surface area contributed by atoms with Gasteiger partial charge in [-0.05, 0) is 67.7 Å². The van der Waals surface area contributed by atoms with Gasteiger partial charge in [-0.3, -0.25) is 38.4 Å². The van der Waals surface area contributed by atoms with Gasteiger partial charge in [0, 0.05) is 25.8 Å². The number of aliphatic hydroxyl groups excluding tert-OH is 1. The van der Waals surface area contributed by atoms with Crippen LogP contribution in [0.4, 0.5) is 0 Å². The molecule has 8 N–H and O–H groups in total. The highest BCUT2D eigenvalue weighted by atomic mass is 16.5. The minimum atomic E-state index is -1.66. The number of nitrogens with one attached hydrogen (secondary N) is 6. The van der Waals surface area contributed by atoms with E-state index in [1.54, 1.807) is 42.5 Å². The van der Waals surface area contributed by atoms with Gasteiger partial charge >= 0.3 is 5.97 Å². The van der Waals surface area contributed by atoms with Crippen LogP contribution in [0, 0.1) is 11.8 Å². The fraction of sp³-hybridized carbons (Fsp3) is 0.556. The monoisotopic (exact) mass is 877 g/mol. The summed E-state index contributed by atoms with van der Waals surface area (Å²) in [5.41, 5.74) is 1.21. The van der Waals surface area contributed by atoms with E-state index in [4.69, 9.17) is 4.74 Å². The van der Waals surface area contributed by atoms with Crippen molar-refractivity contribution in [3.8, 4) is 5.75 Å². The van der Waals surface area contributed by atoms with Crippen LogP contribution < -0.4 is 31.9 Å². The van der Waals surface area contributed by atoms with Crippen LogP contribution >= 0.6 is 0 Å². The Hall–Kier alpha value is -6.04. The van der Waals surface area contributed by atoms with Crippen LogP contribution in [0.2, 0.25) is 0 Å². The number of amides is 7. The molecule has 2 aliphatic rings. The van der Waals surface area contributed by atoms with Gasteiger partial charge in [-0.15, -0.1) is 0 Å². The van der Waals surface area contributed by atoms with E-state index < -0.39 is 103 Å². The topological polar surface area (TPSA) is 262 Å². The van der Waals surface area contributed by atoms with E-state index in [1.807, 2.05) is 27.7 Å². The van der Waals surface area contributed by atoms with Gasteiger partial charge in [-0.2, -0.15) is 0 Å². The lowest BCUT2D eigenvalue weighted by molar-refractivity contribution is -0.147. The van der Waals surface area contributed by atoms with E-state index in [-0.39, 0.29) is 50.3 Å². The summed E-state index contributed by atoms with van der Waals surface area (Å²) in [6.07, 6.45) is 0.787. The van der Waals surface area contributed by atoms with Crippen LogP contribution in [0.1, 0.15) is 84.3 Å². The third-order valence-electron chi connectivity index (χ3n) is 10.8. The van der Waals surface area contributed by atoms with Gasteiger partial charge in [0.1, 0.15) is 55.2 Å².